The van der Waals surface area contributed by atoms with Gasteiger partial charge in [0.05, 0.1) is 10.9 Å². The molecule has 0 saturated heterocycles. The number of aliphatic hydroxyl groups excluding tert-OH is 1. The fraction of sp³-hybridized carbons (Fsp3) is 0.167. The molecule has 1 heterocycles. The van der Waals surface area contributed by atoms with Gasteiger partial charge in [0.2, 0.25) is 0 Å². The van der Waals surface area contributed by atoms with Crippen LogP contribution in [0.3, 0.4) is 0 Å². The first-order valence-corrected chi connectivity index (χ1v) is 6.87. The van der Waals surface area contributed by atoms with Crippen LogP contribution in [0.2, 0.25) is 5.02 Å². The molecule has 0 aliphatic rings. The summed E-state index contributed by atoms with van der Waals surface area (Å²) < 4.78 is 6.20. The predicted molar refractivity (Wildman–Crippen MR) is 74.1 cm³/mol. The summed E-state index contributed by atoms with van der Waals surface area (Å²) in [5.41, 5.74) is 0.675. The largest absolute Gasteiger partial charge is 0.496 e. The highest BCUT2D eigenvalue weighted by Gasteiger charge is 2.17. The van der Waals surface area contributed by atoms with Crippen LogP contribution in [-0.2, 0) is 0 Å². The van der Waals surface area contributed by atoms with E-state index in [0.29, 0.717) is 16.3 Å². The van der Waals surface area contributed by atoms with Gasteiger partial charge >= 0.3 is 0 Å². The molecule has 0 aliphatic heterocycles. The maximum absolute atomic E-state index is 10.3. The molecular weight excluding hydrogens is 324 g/mol. The number of rotatable bonds is 3. The van der Waals surface area contributed by atoms with Crippen LogP contribution in [0.25, 0.3) is 0 Å². The molecule has 1 N–H and O–H groups in total. The molecule has 2 rings (SSSR count). The van der Waals surface area contributed by atoms with E-state index in [1.165, 1.54) is 11.3 Å². The monoisotopic (exact) mass is 332 g/mol. The van der Waals surface area contributed by atoms with Crippen LogP contribution in [0, 0.1) is 0 Å². The standard InChI is InChI=1S/C12H10BrClO2S/c1-16-9-3-2-7(14)6-8(9)12(15)10-4-5-11(13)17-10/h2-6,12,15H,1H3. The number of hydrogen-bond donors (Lipinski definition) is 1. The lowest BCUT2D eigenvalue weighted by Crippen LogP contribution is -2.00. The van der Waals surface area contributed by atoms with Crippen molar-refractivity contribution in [3.8, 4) is 5.75 Å². The second-order valence-corrected chi connectivity index (χ2v) is 6.36. The minimum atomic E-state index is -0.722. The van der Waals surface area contributed by atoms with E-state index in [1.807, 2.05) is 12.1 Å². The molecule has 0 spiro atoms. The number of ether oxygens (including phenoxy) is 1. The number of halogens is 2. The van der Waals surface area contributed by atoms with Crippen LogP contribution in [0.1, 0.15) is 16.5 Å². The third-order valence-corrected chi connectivity index (χ3v) is 4.26. The van der Waals surface area contributed by atoms with E-state index in [0.717, 1.165) is 8.66 Å². The summed E-state index contributed by atoms with van der Waals surface area (Å²) in [6.45, 7) is 0. The van der Waals surface area contributed by atoms with Gasteiger partial charge in [-0.2, -0.15) is 0 Å². The van der Waals surface area contributed by atoms with Crippen LogP contribution in [0.15, 0.2) is 34.1 Å². The van der Waals surface area contributed by atoms with Crippen molar-refractivity contribution in [2.45, 2.75) is 6.10 Å². The lowest BCUT2D eigenvalue weighted by molar-refractivity contribution is 0.218. The molecule has 2 aromatic rings. The van der Waals surface area contributed by atoms with Crippen molar-refractivity contribution in [1.29, 1.82) is 0 Å². The molecule has 90 valence electrons. The minimum Gasteiger partial charge on any atom is -0.496 e. The molecule has 1 atom stereocenters. The van der Waals surface area contributed by atoms with E-state index in [4.69, 9.17) is 16.3 Å². The van der Waals surface area contributed by atoms with E-state index in [1.54, 1.807) is 25.3 Å². The van der Waals surface area contributed by atoms with Gasteiger partial charge in [0.25, 0.3) is 0 Å². The van der Waals surface area contributed by atoms with Crippen LogP contribution in [0.5, 0.6) is 5.75 Å². The van der Waals surface area contributed by atoms with Crippen LogP contribution < -0.4 is 4.74 Å². The van der Waals surface area contributed by atoms with Gasteiger partial charge in [-0.15, -0.1) is 11.3 Å². The van der Waals surface area contributed by atoms with Gasteiger partial charge in [0.1, 0.15) is 11.9 Å². The van der Waals surface area contributed by atoms with E-state index in [-0.39, 0.29) is 0 Å². The highest BCUT2D eigenvalue weighted by molar-refractivity contribution is 9.11. The molecule has 0 aliphatic carbocycles. The highest BCUT2D eigenvalue weighted by Crippen LogP contribution is 2.36. The number of aliphatic hydroxyl groups is 1. The summed E-state index contributed by atoms with van der Waals surface area (Å²) in [4.78, 5) is 0.845. The highest BCUT2D eigenvalue weighted by atomic mass is 79.9. The second-order valence-electron chi connectivity index (χ2n) is 3.43. The maximum atomic E-state index is 10.3. The molecule has 0 bridgehead atoms. The van der Waals surface area contributed by atoms with Crippen molar-refractivity contribution in [3.63, 3.8) is 0 Å². The fourth-order valence-corrected chi connectivity index (χ4v) is 3.16. The van der Waals surface area contributed by atoms with Crippen molar-refractivity contribution in [1.82, 2.24) is 0 Å². The van der Waals surface area contributed by atoms with Gasteiger partial charge in [0.15, 0.2) is 0 Å². The molecule has 1 aromatic heterocycles. The van der Waals surface area contributed by atoms with E-state index >= 15 is 0 Å². The van der Waals surface area contributed by atoms with Crippen molar-refractivity contribution >= 4 is 38.9 Å². The number of hydrogen-bond acceptors (Lipinski definition) is 3. The Morgan fingerprint density at radius 3 is 2.71 bits per heavy atom. The summed E-state index contributed by atoms with van der Waals surface area (Å²) in [5, 5.41) is 10.9. The zero-order valence-corrected chi connectivity index (χ0v) is 12.1. The van der Waals surface area contributed by atoms with Crippen molar-refractivity contribution in [3.05, 3.63) is 49.6 Å². The fourth-order valence-electron chi connectivity index (χ4n) is 1.55. The van der Waals surface area contributed by atoms with Crippen LogP contribution in [-0.4, -0.2) is 12.2 Å². The van der Waals surface area contributed by atoms with E-state index in [2.05, 4.69) is 15.9 Å². The Bertz CT molecular complexity index is 527. The average Bonchev–Trinajstić information content (AvgIpc) is 2.75. The maximum Gasteiger partial charge on any atom is 0.125 e. The van der Waals surface area contributed by atoms with Crippen molar-refractivity contribution < 1.29 is 9.84 Å². The SMILES string of the molecule is COc1ccc(Cl)cc1C(O)c1ccc(Br)s1. The van der Waals surface area contributed by atoms with Gasteiger partial charge < -0.3 is 9.84 Å². The van der Waals surface area contributed by atoms with Gasteiger partial charge in [-0.3, -0.25) is 0 Å². The molecule has 0 fully saturated rings. The Balaban J connectivity index is 2.42. The molecule has 0 amide bonds. The predicted octanol–water partition coefficient (Wildman–Crippen LogP) is 4.25. The number of benzene rings is 1. The number of methoxy groups -OCH3 is 1. The van der Waals surface area contributed by atoms with Crippen LogP contribution in [0.4, 0.5) is 0 Å². The van der Waals surface area contributed by atoms with Crippen molar-refractivity contribution in [2.75, 3.05) is 7.11 Å². The topological polar surface area (TPSA) is 29.5 Å². The van der Waals surface area contributed by atoms with Gasteiger partial charge in [-0.05, 0) is 46.3 Å². The first kappa shape index (κ1) is 12.9. The van der Waals surface area contributed by atoms with Gasteiger partial charge in [0, 0.05) is 15.5 Å². The summed E-state index contributed by atoms with van der Waals surface area (Å²) in [5.74, 6) is 0.631. The van der Waals surface area contributed by atoms with E-state index < -0.39 is 6.10 Å². The van der Waals surface area contributed by atoms with E-state index in [9.17, 15) is 5.11 Å². The molecule has 17 heavy (non-hydrogen) atoms. The van der Waals surface area contributed by atoms with Gasteiger partial charge in [-0.25, -0.2) is 0 Å². The molecular formula is C12H10BrClO2S. The average molecular weight is 334 g/mol. The third kappa shape index (κ3) is 2.83. The van der Waals surface area contributed by atoms with Crippen molar-refractivity contribution in [2.24, 2.45) is 0 Å². The molecule has 0 saturated carbocycles. The normalized spacial score (nSPS) is 12.5. The zero-order valence-electron chi connectivity index (χ0n) is 8.98. The first-order valence-electron chi connectivity index (χ1n) is 4.88. The minimum absolute atomic E-state index is 0.579. The second kappa shape index (κ2) is 5.40. The Kier molecular flexibility index (Phi) is 4.09. The van der Waals surface area contributed by atoms with Crippen LogP contribution >= 0.6 is 38.9 Å². The molecule has 1 aromatic carbocycles. The summed E-state index contributed by atoms with van der Waals surface area (Å²) in [7, 11) is 1.57. The Morgan fingerprint density at radius 1 is 1.35 bits per heavy atom. The molecule has 0 radical (unpaired) electrons. The lowest BCUT2D eigenvalue weighted by Gasteiger charge is -2.13. The van der Waals surface area contributed by atoms with Gasteiger partial charge in [-0.1, -0.05) is 11.6 Å². The Morgan fingerprint density at radius 2 is 2.12 bits per heavy atom. The smallest absolute Gasteiger partial charge is 0.125 e. The summed E-state index contributed by atoms with van der Waals surface area (Å²) in [6, 6.07) is 8.99. The third-order valence-electron chi connectivity index (χ3n) is 2.35. The Labute approximate surface area is 117 Å². The lowest BCUT2D eigenvalue weighted by atomic mass is 10.1. The Hall–Kier alpha value is -0.550. The first-order chi connectivity index (χ1) is 8.11. The zero-order chi connectivity index (χ0) is 12.4. The summed E-state index contributed by atoms with van der Waals surface area (Å²) in [6.07, 6.45) is -0.722. The quantitative estimate of drug-likeness (QED) is 0.909. The number of thiophene rings is 1. The molecule has 5 heteroatoms. The molecule has 1 unspecified atom stereocenters. The molecule has 2 nitrogen and oxygen atoms in total. The summed E-state index contributed by atoms with van der Waals surface area (Å²) >= 11 is 10.8.